The van der Waals surface area contributed by atoms with Gasteiger partial charge in [-0.25, -0.2) is 0 Å². The zero-order chi connectivity index (χ0) is 13.4. The Balaban J connectivity index is 2.49. The lowest BCUT2D eigenvalue weighted by Crippen LogP contribution is -2.19. The lowest BCUT2D eigenvalue weighted by Gasteiger charge is -2.01. The molecule has 0 fully saturated rings. The Kier molecular flexibility index (Phi) is 6.22. The van der Waals surface area contributed by atoms with E-state index in [2.05, 4.69) is 5.32 Å². The summed E-state index contributed by atoms with van der Waals surface area (Å²) in [5.74, 6) is 0.700. The SMILES string of the molecule is CNC(=O)Cc1ccc(C=CCSC(C)=O)cc1. The van der Waals surface area contributed by atoms with Crippen molar-refractivity contribution >= 4 is 28.9 Å². The summed E-state index contributed by atoms with van der Waals surface area (Å²) in [6.45, 7) is 1.56. The lowest BCUT2D eigenvalue weighted by atomic mass is 10.1. The first-order valence-electron chi connectivity index (χ1n) is 5.71. The highest BCUT2D eigenvalue weighted by molar-refractivity contribution is 8.13. The molecule has 0 aliphatic rings. The molecule has 0 aliphatic heterocycles. The molecule has 3 nitrogen and oxygen atoms in total. The molecule has 0 unspecified atom stereocenters. The van der Waals surface area contributed by atoms with Gasteiger partial charge >= 0.3 is 0 Å². The minimum Gasteiger partial charge on any atom is -0.359 e. The van der Waals surface area contributed by atoms with Gasteiger partial charge in [-0.1, -0.05) is 48.2 Å². The topological polar surface area (TPSA) is 46.2 Å². The molecule has 1 N–H and O–H groups in total. The van der Waals surface area contributed by atoms with Gasteiger partial charge in [-0.2, -0.15) is 0 Å². The fraction of sp³-hybridized carbons (Fsp3) is 0.286. The molecule has 1 aromatic rings. The number of carbonyl (C=O) groups is 2. The van der Waals surface area contributed by atoms with Gasteiger partial charge in [-0.05, 0) is 11.1 Å². The van der Waals surface area contributed by atoms with Crippen molar-refractivity contribution in [3.8, 4) is 0 Å². The van der Waals surface area contributed by atoms with Gasteiger partial charge in [0, 0.05) is 19.7 Å². The summed E-state index contributed by atoms with van der Waals surface area (Å²) in [4.78, 5) is 21.9. The van der Waals surface area contributed by atoms with Crippen molar-refractivity contribution in [2.24, 2.45) is 0 Å². The van der Waals surface area contributed by atoms with Crippen LogP contribution in [0, 0.1) is 0 Å². The highest BCUT2D eigenvalue weighted by atomic mass is 32.2. The summed E-state index contributed by atoms with van der Waals surface area (Å²) in [5.41, 5.74) is 2.06. The van der Waals surface area contributed by atoms with E-state index >= 15 is 0 Å². The van der Waals surface area contributed by atoms with E-state index in [1.54, 1.807) is 14.0 Å². The highest BCUT2D eigenvalue weighted by Crippen LogP contribution is 2.08. The quantitative estimate of drug-likeness (QED) is 0.886. The van der Waals surface area contributed by atoms with Crippen LogP contribution in [0.4, 0.5) is 0 Å². The fourth-order valence-corrected chi connectivity index (χ4v) is 1.80. The first-order valence-corrected chi connectivity index (χ1v) is 6.70. The van der Waals surface area contributed by atoms with Gasteiger partial charge in [0.2, 0.25) is 5.91 Å². The number of amides is 1. The number of hydrogen-bond donors (Lipinski definition) is 1. The molecular weight excluding hydrogens is 246 g/mol. The summed E-state index contributed by atoms with van der Waals surface area (Å²) < 4.78 is 0. The number of nitrogens with one attached hydrogen (secondary N) is 1. The van der Waals surface area contributed by atoms with Crippen LogP contribution in [0.25, 0.3) is 6.08 Å². The van der Waals surface area contributed by atoms with Crippen molar-refractivity contribution in [1.82, 2.24) is 5.32 Å². The smallest absolute Gasteiger partial charge is 0.224 e. The minimum absolute atomic E-state index is 0.0103. The van der Waals surface area contributed by atoms with Crippen LogP contribution >= 0.6 is 11.8 Å². The van der Waals surface area contributed by atoms with Crippen LogP contribution in [0.15, 0.2) is 30.3 Å². The number of benzene rings is 1. The summed E-state index contributed by atoms with van der Waals surface area (Å²) >= 11 is 1.29. The van der Waals surface area contributed by atoms with E-state index < -0.39 is 0 Å². The number of rotatable bonds is 5. The van der Waals surface area contributed by atoms with Crippen LogP contribution in [-0.2, 0) is 16.0 Å². The van der Waals surface area contributed by atoms with Gasteiger partial charge in [-0.3, -0.25) is 9.59 Å². The molecular formula is C14H17NO2S. The molecule has 18 heavy (non-hydrogen) atoms. The van der Waals surface area contributed by atoms with E-state index in [-0.39, 0.29) is 11.0 Å². The Bertz CT molecular complexity index is 438. The minimum atomic E-state index is 0.0103. The van der Waals surface area contributed by atoms with Gasteiger partial charge in [0.05, 0.1) is 6.42 Å². The van der Waals surface area contributed by atoms with E-state index in [0.717, 1.165) is 11.1 Å². The highest BCUT2D eigenvalue weighted by Gasteiger charge is 1.99. The zero-order valence-corrected chi connectivity index (χ0v) is 11.4. The maximum Gasteiger partial charge on any atom is 0.224 e. The molecule has 0 atom stereocenters. The monoisotopic (exact) mass is 263 g/mol. The van der Waals surface area contributed by atoms with Crippen LogP contribution in [0.2, 0.25) is 0 Å². The second kappa shape index (κ2) is 7.71. The third-order valence-electron chi connectivity index (χ3n) is 2.32. The average Bonchev–Trinajstić information content (AvgIpc) is 2.36. The van der Waals surface area contributed by atoms with Crippen molar-refractivity contribution in [2.75, 3.05) is 12.8 Å². The second-order valence-corrected chi connectivity index (χ2v) is 4.99. The predicted octanol–water partition coefficient (Wildman–Crippen LogP) is 2.27. The van der Waals surface area contributed by atoms with Crippen LogP contribution in [0.5, 0.6) is 0 Å². The van der Waals surface area contributed by atoms with Crippen LogP contribution in [-0.4, -0.2) is 23.8 Å². The molecule has 4 heteroatoms. The Hall–Kier alpha value is -1.55. The number of hydrogen-bond acceptors (Lipinski definition) is 3. The summed E-state index contributed by atoms with van der Waals surface area (Å²) in [6.07, 6.45) is 4.33. The van der Waals surface area contributed by atoms with Gasteiger partial charge < -0.3 is 5.32 Å². The van der Waals surface area contributed by atoms with Crippen LogP contribution in [0.1, 0.15) is 18.1 Å². The normalized spacial score (nSPS) is 10.6. The van der Waals surface area contributed by atoms with Gasteiger partial charge in [0.1, 0.15) is 0 Å². The first-order chi connectivity index (χ1) is 8.61. The van der Waals surface area contributed by atoms with Crippen molar-refractivity contribution in [3.63, 3.8) is 0 Å². The number of carbonyl (C=O) groups excluding carboxylic acids is 2. The van der Waals surface area contributed by atoms with Crippen LogP contribution < -0.4 is 5.32 Å². The standard InChI is InChI=1S/C14H17NO2S/c1-11(16)18-9-3-4-12-5-7-13(8-6-12)10-14(17)15-2/h3-8H,9-10H2,1-2H3,(H,15,17). The van der Waals surface area contributed by atoms with E-state index in [1.807, 2.05) is 36.4 Å². The molecule has 0 bridgehead atoms. The van der Waals surface area contributed by atoms with E-state index in [0.29, 0.717) is 12.2 Å². The zero-order valence-electron chi connectivity index (χ0n) is 10.6. The molecule has 0 heterocycles. The van der Waals surface area contributed by atoms with Crippen LogP contribution in [0.3, 0.4) is 0 Å². The maximum atomic E-state index is 11.2. The molecule has 0 aliphatic carbocycles. The van der Waals surface area contributed by atoms with Gasteiger partial charge in [0.15, 0.2) is 5.12 Å². The third-order valence-corrected chi connectivity index (χ3v) is 3.08. The molecule has 0 aromatic heterocycles. The predicted molar refractivity (Wildman–Crippen MR) is 76.4 cm³/mol. The number of likely N-dealkylation sites (N-methyl/N-ethyl adjacent to an activating group) is 1. The summed E-state index contributed by atoms with van der Waals surface area (Å²) in [6, 6.07) is 7.81. The maximum absolute atomic E-state index is 11.2. The van der Waals surface area contributed by atoms with Crippen molar-refractivity contribution in [3.05, 3.63) is 41.5 Å². The molecule has 1 rings (SSSR count). The first kappa shape index (κ1) is 14.5. The average molecular weight is 263 g/mol. The number of thioether (sulfide) groups is 1. The van der Waals surface area contributed by atoms with E-state index in [1.165, 1.54) is 11.8 Å². The Morgan fingerprint density at radius 2 is 1.94 bits per heavy atom. The molecule has 1 aromatic carbocycles. The fourth-order valence-electron chi connectivity index (χ4n) is 1.37. The Morgan fingerprint density at radius 3 is 2.50 bits per heavy atom. The molecule has 0 saturated carbocycles. The molecule has 0 spiro atoms. The van der Waals surface area contributed by atoms with Gasteiger partial charge in [0.25, 0.3) is 0 Å². The summed E-state index contributed by atoms with van der Waals surface area (Å²) in [7, 11) is 1.63. The molecule has 0 radical (unpaired) electrons. The molecule has 96 valence electrons. The van der Waals surface area contributed by atoms with E-state index in [9.17, 15) is 9.59 Å². The van der Waals surface area contributed by atoms with Crippen molar-refractivity contribution in [1.29, 1.82) is 0 Å². The van der Waals surface area contributed by atoms with Crippen molar-refractivity contribution < 1.29 is 9.59 Å². The molecule has 0 saturated heterocycles. The summed E-state index contributed by atoms with van der Waals surface area (Å²) in [5, 5.41) is 2.72. The Morgan fingerprint density at radius 1 is 1.28 bits per heavy atom. The third kappa shape index (κ3) is 5.68. The van der Waals surface area contributed by atoms with Gasteiger partial charge in [-0.15, -0.1) is 0 Å². The lowest BCUT2D eigenvalue weighted by molar-refractivity contribution is -0.120. The Labute approximate surface area is 112 Å². The van der Waals surface area contributed by atoms with Crippen molar-refractivity contribution in [2.45, 2.75) is 13.3 Å². The second-order valence-electron chi connectivity index (χ2n) is 3.80. The molecule has 1 amide bonds. The largest absolute Gasteiger partial charge is 0.359 e. The van der Waals surface area contributed by atoms with E-state index in [4.69, 9.17) is 0 Å².